The third-order valence-corrected chi connectivity index (χ3v) is 5.61. The van der Waals surface area contributed by atoms with Crippen LogP contribution in [0.25, 0.3) is 0 Å². The zero-order chi connectivity index (χ0) is 21.1. The Bertz CT molecular complexity index is 960. The molecule has 0 radical (unpaired) electrons. The number of nitro groups is 1. The quantitative estimate of drug-likeness (QED) is 0.507. The van der Waals surface area contributed by atoms with Crippen molar-refractivity contribution in [1.29, 1.82) is 0 Å². The van der Waals surface area contributed by atoms with Crippen molar-refractivity contribution < 1.29 is 28.0 Å². The van der Waals surface area contributed by atoms with Gasteiger partial charge < -0.3 is 14.8 Å². The van der Waals surface area contributed by atoms with Crippen LogP contribution >= 0.6 is 23.4 Å². The van der Waals surface area contributed by atoms with Crippen LogP contribution in [0.2, 0.25) is 5.02 Å². The number of halogens is 3. The van der Waals surface area contributed by atoms with Gasteiger partial charge in [-0.1, -0.05) is 11.6 Å². The summed E-state index contributed by atoms with van der Waals surface area (Å²) in [7, 11) is 1.18. The molecule has 0 aromatic heterocycles. The largest absolute Gasteiger partial charge is 0.493 e. The molecule has 1 aliphatic rings. The van der Waals surface area contributed by atoms with Crippen molar-refractivity contribution in [3.63, 3.8) is 0 Å². The fourth-order valence-electron chi connectivity index (χ4n) is 2.98. The zero-order valence-corrected chi connectivity index (χ0v) is 16.6. The highest BCUT2D eigenvalue weighted by molar-refractivity contribution is 7.99. The van der Waals surface area contributed by atoms with Gasteiger partial charge in [-0.15, -0.1) is 11.8 Å². The number of hydrogen-bond acceptors (Lipinski definition) is 6. The summed E-state index contributed by atoms with van der Waals surface area (Å²) in [5.41, 5.74) is -0.180. The van der Waals surface area contributed by atoms with E-state index in [9.17, 15) is 23.7 Å². The van der Waals surface area contributed by atoms with Gasteiger partial charge in [0.05, 0.1) is 24.1 Å². The summed E-state index contributed by atoms with van der Waals surface area (Å²) < 4.78 is 34.4. The van der Waals surface area contributed by atoms with Gasteiger partial charge in [-0.2, -0.15) is 8.78 Å². The first-order chi connectivity index (χ1) is 13.8. The second-order valence-corrected chi connectivity index (χ2v) is 7.57. The topological polar surface area (TPSA) is 90.7 Å². The minimum absolute atomic E-state index is 0.219. The minimum atomic E-state index is -3.20. The smallest absolute Gasteiger partial charge is 0.387 e. The van der Waals surface area contributed by atoms with Crippen LogP contribution in [0, 0.1) is 10.1 Å². The maximum Gasteiger partial charge on any atom is 0.387 e. The number of alkyl halides is 2. The first-order valence-electron chi connectivity index (χ1n) is 8.34. The first kappa shape index (κ1) is 21.1. The summed E-state index contributed by atoms with van der Waals surface area (Å²) >= 11 is 7.68. The number of fused-ring (bicyclic) bond motifs is 1. The van der Waals surface area contributed by atoms with Gasteiger partial charge >= 0.3 is 6.61 Å². The van der Waals surface area contributed by atoms with Crippen LogP contribution in [0.1, 0.15) is 28.4 Å². The van der Waals surface area contributed by atoms with Crippen LogP contribution < -0.4 is 14.8 Å². The van der Waals surface area contributed by atoms with E-state index in [-0.39, 0.29) is 11.3 Å². The van der Waals surface area contributed by atoms with Crippen molar-refractivity contribution in [3.8, 4) is 11.5 Å². The van der Waals surface area contributed by atoms with E-state index in [2.05, 4.69) is 10.1 Å². The van der Waals surface area contributed by atoms with Crippen LogP contribution in [0.5, 0.6) is 11.5 Å². The minimum Gasteiger partial charge on any atom is -0.493 e. The predicted octanol–water partition coefficient (Wildman–Crippen LogP) is 4.83. The van der Waals surface area contributed by atoms with E-state index in [0.717, 1.165) is 28.3 Å². The SMILES string of the molecule is COc1cc(C(=O)NC2CCSc3ccc(Cl)cc32)c([N+](=O)[O-])cc1OC(F)F. The Morgan fingerprint density at radius 3 is 2.76 bits per heavy atom. The number of nitrogens with zero attached hydrogens (tertiary/aromatic N) is 1. The number of carbonyl (C=O) groups is 1. The summed E-state index contributed by atoms with van der Waals surface area (Å²) in [6.45, 7) is -3.20. The van der Waals surface area contributed by atoms with Gasteiger partial charge in [0.2, 0.25) is 0 Å². The Hall–Kier alpha value is -2.59. The van der Waals surface area contributed by atoms with E-state index < -0.39 is 34.9 Å². The molecule has 0 fully saturated rings. The molecule has 1 aliphatic heterocycles. The average Bonchev–Trinajstić information content (AvgIpc) is 2.67. The fourth-order valence-corrected chi connectivity index (χ4v) is 4.27. The Morgan fingerprint density at radius 1 is 1.34 bits per heavy atom. The molecule has 0 saturated heterocycles. The first-order valence-corrected chi connectivity index (χ1v) is 9.71. The molecule has 0 saturated carbocycles. The number of nitrogens with one attached hydrogen (secondary N) is 1. The molecule has 154 valence electrons. The van der Waals surface area contributed by atoms with Gasteiger partial charge in [-0.25, -0.2) is 0 Å². The van der Waals surface area contributed by atoms with Crippen molar-refractivity contribution in [2.75, 3.05) is 12.9 Å². The van der Waals surface area contributed by atoms with Gasteiger partial charge in [0.15, 0.2) is 11.5 Å². The highest BCUT2D eigenvalue weighted by atomic mass is 35.5. The summed E-state index contributed by atoms with van der Waals surface area (Å²) in [6.07, 6.45) is 0.598. The lowest BCUT2D eigenvalue weighted by Gasteiger charge is -2.26. The molecule has 11 heteroatoms. The van der Waals surface area contributed by atoms with Crippen LogP contribution in [0.3, 0.4) is 0 Å². The highest BCUT2D eigenvalue weighted by Crippen LogP contribution is 2.39. The lowest BCUT2D eigenvalue weighted by Crippen LogP contribution is -2.31. The molecule has 0 bridgehead atoms. The number of nitro benzene ring substituents is 1. The molecule has 1 unspecified atom stereocenters. The summed E-state index contributed by atoms with van der Waals surface area (Å²) in [4.78, 5) is 24.4. The zero-order valence-electron chi connectivity index (χ0n) is 15.0. The molecule has 0 spiro atoms. The van der Waals surface area contributed by atoms with E-state index in [4.69, 9.17) is 16.3 Å². The molecule has 0 aliphatic carbocycles. The van der Waals surface area contributed by atoms with E-state index in [1.54, 1.807) is 23.9 Å². The van der Waals surface area contributed by atoms with Gasteiger partial charge in [0.1, 0.15) is 5.56 Å². The number of ether oxygens (including phenoxy) is 2. The normalized spacial score (nSPS) is 15.6. The Morgan fingerprint density at radius 2 is 2.10 bits per heavy atom. The third kappa shape index (κ3) is 4.70. The predicted molar refractivity (Wildman–Crippen MR) is 103 cm³/mol. The molecule has 3 rings (SSSR count). The molecular weight excluding hydrogens is 430 g/mol. The maximum atomic E-state index is 12.8. The van der Waals surface area contributed by atoms with E-state index in [0.29, 0.717) is 11.4 Å². The molecular formula is C18H15ClF2N2O5S. The molecule has 7 nitrogen and oxygen atoms in total. The van der Waals surface area contributed by atoms with E-state index in [1.165, 1.54) is 7.11 Å². The van der Waals surface area contributed by atoms with Crippen LogP contribution in [-0.4, -0.2) is 30.3 Å². The van der Waals surface area contributed by atoms with Crippen LogP contribution in [0.15, 0.2) is 35.2 Å². The number of benzene rings is 2. The van der Waals surface area contributed by atoms with Gasteiger partial charge in [-0.3, -0.25) is 14.9 Å². The van der Waals surface area contributed by atoms with Crippen molar-refractivity contribution in [2.45, 2.75) is 24.0 Å². The number of amides is 1. The van der Waals surface area contributed by atoms with Gasteiger partial charge in [0.25, 0.3) is 11.6 Å². The second kappa shape index (κ2) is 8.83. The molecule has 1 atom stereocenters. The number of thioether (sulfide) groups is 1. The summed E-state index contributed by atoms with van der Waals surface area (Å²) in [5.74, 6) is -0.742. The summed E-state index contributed by atoms with van der Waals surface area (Å²) in [6, 6.07) is 6.70. The molecule has 2 aromatic rings. The van der Waals surface area contributed by atoms with Gasteiger partial charge in [-0.05, 0) is 30.2 Å². The lowest BCUT2D eigenvalue weighted by atomic mass is 10.0. The molecule has 1 N–H and O–H groups in total. The number of rotatable bonds is 6. The fraction of sp³-hybridized carbons (Fsp3) is 0.278. The molecule has 29 heavy (non-hydrogen) atoms. The van der Waals surface area contributed by atoms with Crippen LogP contribution in [0.4, 0.5) is 14.5 Å². The van der Waals surface area contributed by atoms with Crippen molar-refractivity contribution >= 4 is 35.0 Å². The standard InChI is InChI=1S/C18H15ClF2N2O5S/c1-27-14-7-11(13(23(25)26)8-15(14)28-18(20)21)17(24)22-12-4-5-29-16-3-2-9(19)6-10(12)16/h2-3,6-8,12,18H,4-5H2,1H3,(H,22,24). The van der Waals surface area contributed by atoms with Crippen LogP contribution in [-0.2, 0) is 0 Å². The summed E-state index contributed by atoms with van der Waals surface area (Å²) in [5, 5.41) is 14.7. The van der Waals surface area contributed by atoms with Crippen molar-refractivity contribution in [3.05, 3.63) is 56.6 Å². The molecule has 1 amide bonds. The Labute approximate surface area is 173 Å². The third-order valence-electron chi connectivity index (χ3n) is 4.26. The van der Waals surface area contributed by atoms with E-state index >= 15 is 0 Å². The number of carbonyl (C=O) groups excluding carboxylic acids is 1. The lowest BCUT2D eigenvalue weighted by molar-refractivity contribution is -0.385. The maximum absolute atomic E-state index is 12.8. The number of hydrogen-bond donors (Lipinski definition) is 1. The highest BCUT2D eigenvalue weighted by Gasteiger charge is 2.29. The van der Waals surface area contributed by atoms with Gasteiger partial charge in [0, 0.05) is 21.7 Å². The number of methoxy groups -OCH3 is 1. The second-order valence-electron chi connectivity index (χ2n) is 6.00. The van der Waals surface area contributed by atoms with Crippen molar-refractivity contribution in [1.82, 2.24) is 5.32 Å². The average molecular weight is 445 g/mol. The Kier molecular flexibility index (Phi) is 6.43. The molecule has 2 aromatic carbocycles. The van der Waals surface area contributed by atoms with E-state index in [1.807, 2.05) is 6.07 Å². The van der Waals surface area contributed by atoms with Crippen molar-refractivity contribution in [2.24, 2.45) is 0 Å². The Balaban J connectivity index is 1.95. The molecule has 1 heterocycles. The monoisotopic (exact) mass is 444 g/mol.